The summed E-state index contributed by atoms with van der Waals surface area (Å²) in [7, 11) is -3.55. The average molecular weight is 258 g/mol. The molecule has 1 unspecified atom stereocenters. The van der Waals surface area contributed by atoms with Crippen molar-refractivity contribution in [2.75, 3.05) is 13.1 Å². The summed E-state index contributed by atoms with van der Waals surface area (Å²) in [6.45, 7) is 2.99. The molecule has 0 spiro atoms. The van der Waals surface area contributed by atoms with E-state index in [0.717, 1.165) is 12.5 Å². The largest absolute Gasteiger partial charge is 0.477 e. The van der Waals surface area contributed by atoms with Gasteiger partial charge in [0.25, 0.3) is 0 Å². The summed E-state index contributed by atoms with van der Waals surface area (Å²) in [5.74, 6) is -0.816. The molecule has 2 N–H and O–H groups in total. The van der Waals surface area contributed by atoms with Gasteiger partial charge in [-0.3, -0.25) is 0 Å². The Bertz CT molecular complexity index is 534. The first-order chi connectivity index (χ1) is 7.91. The maximum atomic E-state index is 12.1. The molecule has 1 aromatic heterocycles. The summed E-state index contributed by atoms with van der Waals surface area (Å²) in [5, 5.41) is 8.73. The van der Waals surface area contributed by atoms with E-state index in [0.29, 0.717) is 19.0 Å². The third kappa shape index (κ3) is 2.20. The Morgan fingerprint density at radius 3 is 2.76 bits per heavy atom. The Hall–Kier alpha value is -1.34. The first-order valence-corrected chi connectivity index (χ1v) is 6.77. The van der Waals surface area contributed by atoms with Gasteiger partial charge in [-0.05, 0) is 18.4 Å². The molecule has 94 valence electrons. The SMILES string of the molecule is CC1CCN(S(=O)(=O)c2c[nH]c(C(=O)O)c2)C1. The number of nitrogens with one attached hydrogen (secondary N) is 1. The Morgan fingerprint density at radius 1 is 1.59 bits per heavy atom. The number of rotatable bonds is 3. The van der Waals surface area contributed by atoms with Crippen LogP contribution in [-0.4, -0.2) is 41.9 Å². The van der Waals surface area contributed by atoms with E-state index in [4.69, 9.17) is 5.11 Å². The highest BCUT2D eigenvalue weighted by atomic mass is 32.2. The van der Waals surface area contributed by atoms with Gasteiger partial charge in [0.15, 0.2) is 0 Å². The molecular formula is C10H14N2O4S. The summed E-state index contributed by atoms with van der Waals surface area (Å²) in [5.41, 5.74) is -0.115. The second kappa shape index (κ2) is 4.15. The number of aromatic nitrogens is 1. The van der Waals surface area contributed by atoms with E-state index in [1.807, 2.05) is 6.92 Å². The Kier molecular flexibility index (Phi) is 2.96. The van der Waals surface area contributed by atoms with E-state index in [1.165, 1.54) is 10.5 Å². The third-order valence-electron chi connectivity index (χ3n) is 2.91. The molecule has 1 aliphatic rings. The molecule has 0 saturated carbocycles. The number of carboxylic acids is 1. The first-order valence-electron chi connectivity index (χ1n) is 5.33. The fourth-order valence-electron chi connectivity index (χ4n) is 1.91. The van der Waals surface area contributed by atoms with Crippen LogP contribution in [-0.2, 0) is 10.0 Å². The minimum absolute atomic E-state index is 0.0176. The predicted octanol–water partition coefficient (Wildman–Crippen LogP) is 0.743. The van der Waals surface area contributed by atoms with Crippen LogP contribution in [0.3, 0.4) is 0 Å². The molecule has 1 aliphatic heterocycles. The van der Waals surface area contributed by atoms with Crippen molar-refractivity contribution >= 4 is 16.0 Å². The monoisotopic (exact) mass is 258 g/mol. The zero-order chi connectivity index (χ0) is 12.6. The molecule has 1 atom stereocenters. The molecule has 6 nitrogen and oxygen atoms in total. The number of nitrogens with zero attached hydrogens (tertiary/aromatic N) is 1. The number of hydrogen-bond donors (Lipinski definition) is 2. The maximum absolute atomic E-state index is 12.1. The zero-order valence-corrected chi connectivity index (χ0v) is 10.2. The lowest BCUT2D eigenvalue weighted by atomic mass is 10.2. The standard InChI is InChI=1S/C10H14N2O4S/c1-7-2-3-12(6-7)17(15,16)8-4-9(10(13)14)11-5-8/h4-5,7,11H,2-3,6H2,1H3,(H,13,14). The van der Waals surface area contributed by atoms with E-state index >= 15 is 0 Å². The predicted molar refractivity (Wildman–Crippen MR) is 60.3 cm³/mol. The number of H-pyrrole nitrogens is 1. The van der Waals surface area contributed by atoms with Crippen molar-refractivity contribution in [2.45, 2.75) is 18.2 Å². The lowest BCUT2D eigenvalue weighted by Gasteiger charge is -2.14. The van der Waals surface area contributed by atoms with Crippen LogP contribution in [0.25, 0.3) is 0 Å². The number of aromatic amines is 1. The average Bonchev–Trinajstić information content (AvgIpc) is 2.85. The maximum Gasteiger partial charge on any atom is 0.352 e. The van der Waals surface area contributed by atoms with Gasteiger partial charge < -0.3 is 10.1 Å². The third-order valence-corrected chi connectivity index (χ3v) is 4.75. The van der Waals surface area contributed by atoms with E-state index in [-0.39, 0.29) is 10.6 Å². The van der Waals surface area contributed by atoms with E-state index in [1.54, 1.807) is 0 Å². The molecule has 7 heteroatoms. The minimum Gasteiger partial charge on any atom is -0.477 e. The molecule has 17 heavy (non-hydrogen) atoms. The van der Waals surface area contributed by atoms with Crippen molar-refractivity contribution in [3.63, 3.8) is 0 Å². The zero-order valence-electron chi connectivity index (χ0n) is 9.38. The van der Waals surface area contributed by atoms with Gasteiger partial charge in [0.1, 0.15) is 10.6 Å². The van der Waals surface area contributed by atoms with Crippen molar-refractivity contribution in [1.82, 2.24) is 9.29 Å². The van der Waals surface area contributed by atoms with E-state index in [9.17, 15) is 13.2 Å². The number of hydrogen-bond acceptors (Lipinski definition) is 3. The number of aromatic carboxylic acids is 1. The van der Waals surface area contributed by atoms with Gasteiger partial charge in [-0.1, -0.05) is 6.92 Å². The highest BCUT2D eigenvalue weighted by Crippen LogP contribution is 2.24. The fraction of sp³-hybridized carbons (Fsp3) is 0.500. The van der Waals surface area contributed by atoms with E-state index in [2.05, 4.69) is 4.98 Å². The lowest BCUT2D eigenvalue weighted by molar-refractivity contribution is 0.0691. The Balaban J connectivity index is 2.28. The Morgan fingerprint density at radius 2 is 2.29 bits per heavy atom. The topological polar surface area (TPSA) is 90.5 Å². The first kappa shape index (κ1) is 12.1. The summed E-state index contributed by atoms with van der Waals surface area (Å²) in [6.07, 6.45) is 2.07. The normalized spacial score (nSPS) is 21.8. The second-order valence-corrected chi connectivity index (χ2v) is 6.25. The van der Waals surface area contributed by atoms with Crippen molar-refractivity contribution < 1.29 is 18.3 Å². The highest BCUT2D eigenvalue weighted by Gasteiger charge is 2.31. The number of carboxylic acid groups (broad SMARTS) is 1. The minimum atomic E-state index is -3.55. The van der Waals surface area contributed by atoms with E-state index < -0.39 is 16.0 Å². The molecule has 1 aromatic rings. The van der Waals surface area contributed by atoms with Gasteiger partial charge in [-0.15, -0.1) is 0 Å². The van der Waals surface area contributed by atoms with Gasteiger partial charge in [0.05, 0.1) is 0 Å². The molecule has 0 aromatic carbocycles. The summed E-state index contributed by atoms with van der Waals surface area (Å²) < 4.78 is 25.7. The van der Waals surface area contributed by atoms with Crippen LogP contribution in [0.2, 0.25) is 0 Å². The van der Waals surface area contributed by atoms with Crippen LogP contribution >= 0.6 is 0 Å². The molecule has 2 heterocycles. The van der Waals surface area contributed by atoms with Crippen molar-refractivity contribution in [3.8, 4) is 0 Å². The fourth-order valence-corrected chi connectivity index (χ4v) is 3.48. The van der Waals surface area contributed by atoms with Crippen LogP contribution in [0, 0.1) is 5.92 Å². The number of sulfonamides is 1. The van der Waals surface area contributed by atoms with Crippen molar-refractivity contribution in [2.24, 2.45) is 5.92 Å². The van der Waals surface area contributed by atoms with Gasteiger partial charge in [-0.25, -0.2) is 13.2 Å². The van der Waals surface area contributed by atoms with Crippen molar-refractivity contribution in [1.29, 1.82) is 0 Å². The quantitative estimate of drug-likeness (QED) is 0.836. The molecule has 0 aliphatic carbocycles. The summed E-state index contributed by atoms with van der Waals surface area (Å²) in [4.78, 5) is 13.1. The molecule has 0 amide bonds. The van der Waals surface area contributed by atoms with Gasteiger partial charge >= 0.3 is 5.97 Å². The van der Waals surface area contributed by atoms with Crippen LogP contribution in [0.15, 0.2) is 17.2 Å². The molecule has 2 rings (SSSR count). The van der Waals surface area contributed by atoms with Gasteiger partial charge in [0, 0.05) is 19.3 Å². The highest BCUT2D eigenvalue weighted by molar-refractivity contribution is 7.89. The van der Waals surface area contributed by atoms with Crippen LogP contribution < -0.4 is 0 Å². The van der Waals surface area contributed by atoms with Crippen LogP contribution in [0.1, 0.15) is 23.8 Å². The molecule has 1 saturated heterocycles. The Labute approximate surface area is 99.3 Å². The molecule has 0 bridgehead atoms. The van der Waals surface area contributed by atoms with Crippen LogP contribution in [0.5, 0.6) is 0 Å². The van der Waals surface area contributed by atoms with Gasteiger partial charge in [0.2, 0.25) is 10.0 Å². The summed E-state index contributed by atoms with van der Waals surface area (Å²) >= 11 is 0. The second-order valence-electron chi connectivity index (χ2n) is 4.31. The van der Waals surface area contributed by atoms with Crippen LogP contribution in [0.4, 0.5) is 0 Å². The summed E-state index contributed by atoms with van der Waals surface area (Å²) in [6, 6.07) is 1.15. The molecular weight excluding hydrogens is 244 g/mol. The lowest BCUT2D eigenvalue weighted by Crippen LogP contribution is -2.28. The molecule has 1 fully saturated rings. The smallest absolute Gasteiger partial charge is 0.352 e. The number of carbonyl (C=O) groups is 1. The molecule has 0 radical (unpaired) electrons. The van der Waals surface area contributed by atoms with Crippen molar-refractivity contribution in [3.05, 3.63) is 18.0 Å². The van der Waals surface area contributed by atoms with Gasteiger partial charge in [-0.2, -0.15) is 4.31 Å².